The Kier molecular flexibility index (Phi) is 4.93. The maximum Gasteiger partial charge on any atom is 0.123 e. The largest absolute Gasteiger partial charge is 0.306 e. The number of hydrogen-bond acceptors (Lipinski definition) is 2. The Balaban J connectivity index is 2.04. The number of benzene rings is 1. The minimum atomic E-state index is -0.205. The quantitative estimate of drug-likeness (QED) is 0.835. The second-order valence-electron chi connectivity index (χ2n) is 5.42. The molecule has 1 aliphatic carbocycles. The Bertz CT molecular complexity index is 452. The van der Waals surface area contributed by atoms with Crippen molar-refractivity contribution in [3.05, 3.63) is 35.6 Å². The van der Waals surface area contributed by atoms with E-state index < -0.39 is 0 Å². The third-order valence-electron chi connectivity index (χ3n) is 3.99. The first-order chi connectivity index (χ1) is 9.20. The minimum Gasteiger partial charge on any atom is -0.306 e. The molecule has 19 heavy (non-hydrogen) atoms. The number of nitrogens with zero attached hydrogens (tertiary/aromatic N) is 1. The van der Waals surface area contributed by atoms with Crippen LogP contribution < -0.4 is 5.32 Å². The number of rotatable bonds is 3. The fraction of sp³-hybridized carbons (Fsp3) is 0.562. The average molecular weight is 260 g/mol. The van der Waals surface area contributed by atoms with Gasteiger partial charge >= 0.3 is 0 Å². The fourth-order valence-corrected chi connectivity index (χ4v) is 2.85. The normalized spacial score (nSPS) is 25.3. The van der Waals surface area contributed by atoms with Crippen LogP contribution in [0.15, 0.2) is 24.3 Å². The van der Waals surface area contributed by atoms with Gasteiger partial charge in [-0.25, -0.2) is 4.39 Å². The summed E-state index contributed by atoms with van der Waals surface area (Å²) in [7, 11) is 0. The molecule has 1 fully saturated rings. The molecular weight excluding hydrogens is 239 g/mol. The third kappa shape index (κ3) is 3.78. The first-order valence-electron chi connectivity index (χ1n) is 7.12. The zero-order chi connectivity index (χ0) is 13.7. The fourth-order valence-electron chi connectivity index (χ4n) is 2.85. The molecule has 1 N–H and O–H groups in total. The van der Waals surface area contributed by atoms with Crippen LogP contribution in [-0.4, -0.2) is 6.04 Å². The molecule has 2 rings (SSSR count). The Morgan fingerprint density at radius 2 is 2.11 bits per heavy atom. The highest BCUT2D eigenvalue weighted by atomic mass is 19.1. The van der Waals surface area contributed by atoms with Crippen LogP contribution in [0.1, 0.15) is 50.6 Å². The van der Waals surface area contributed by atoms with Crippen molar-refractivity contribution in [2.75, 3.05) is 0 Å². The van der Waals surface area contributed by atoms with Crippen molar-refractivity contribution in [3.8, 4) is 6.07 Å². The highest BCUT2D eigenvalue weighted by molar-refractivity contribution is 5.19. The van der Waals surface area contributed by atoms with E-state index in [9.17, 15) is 9.65 Å². The van der Waals surface area contributed by atoms with E-state index in [1.165, 1.54) is 18.9 Å². The lowest BCUT2D eigenvalue weighted by atomic mass is 9.94. The van der Waals surface area contributed by atoms with Crippen LogP contribution in [0.25, 0.3) is 0 Å². The van der Waals surface area contributed by atoms with Gasteiger partial charge in [-0.2, -0.15) is 5.26 Å². The Labute approximate surface area is 114 Å². The van der Waals surface area contributed by atoms with Gasteiger partial charge in [-0.3, -0.25) is 0 Å². The molecule has 0 spiro atoms. The zero-order valence-electron chi connectivity index (χ0n) is 11.4. The molecular formula is C16H21FN2. The summed E-state index contributed by atoms with van der Waals surface area (Å²) in [6.07, 6.45) is 5.54. The van der Waals surface area contributed by atoms with Crippen LogP contribution in [0.3, 0.4) is 0 Å². The molecule has 0 radical (unpaired) electrons. The van der Waals surface area contributed by atoms with E-state index in [4.69, 9.17) is 0 Å². The van der Waals surface area contributed by atoms with Crippen LogP contribution in [0, 0.1) is 23.1 Å². The Morgan fingerprint density at radius 1 is 1.32 bits per heavy atom. The molecule has 0 aromatic heterocycles. The summed E-state index contributed by atoms with van der Waals surface area (Å²) in [4.78, 5) is 0. The van der Waals surface area contributed by atoms with Gasteiger partial charge in [0.25, 0.3) is 0 Å². The molecule has 2 unspecified atom stereocenters. The van der Waals surface area contributed by atoms with Crippen LogP contribution in [0.2, 0.25) is 0 Å². The number of nitriles is 1. The van der Waals surface area contributed by atoms with Crippen LogP contribution >= 0.6 is 0 Å². The number of hydrogen-bond donors (Lipinski definition) is 1. The molecule has 3 atom stereocenters. The lowest BCUT2D eigenvalue weighted by molar-refractivity contribution is 0.361. The molecule has 3 heteroatoms. The predicted octanol–water partition coefficient (Wildman–Crippen LogP) is 3.95. The van der Waals surface area contributed by atoms with E-state index in [2.05, 4.69) is 11.4 Å². The maximum absolute atomic E-state index is 13.2. The van der Waals surface area contributed by atoms with Crippen molar-refractivity contribution in [3.63, 3.8) is 0 Å². The molecule has 0 bridgehead atoms. The second kappa shape index (κ2) is 6.68. The summed E-state index contributed by atoms with van der Waals surface area (Å²) in [6, 6.07) is 9.42. The van der Waals surface area contributed by atoms with Crippen molar-refractivity contribution >= 4 is 0 Å². The maximum atomic E-state index is 13.2. The number of halogens is 1. The summed E-state index contributed by atoms with van der Waals surface area (Å²) >= 11 is 0. The van der Waals surface area contributed by atoms with Gasteiger partial charge in [0.1, 0.15) is 5.82 Å². The van der Waals surface area contributed by atoms with E-state index >= 15 is 0 Å². The van der Waals surface area contributed by atoms with Crippen molar-refractivity contribution < 1.29 is 4.39 Å². The standard InChI is InChI=1S/C16H21FN2/c1-12(13-7-5-8-15(17)10-13)19-16-9-4-2-3-6-14(16)11-18/h5,7-8,10,12,14,16,19H,2-4,6,9H2,1H3/t12-,14?,16?/m0/s1. The Hall–Kier alpha value is -1.40. The molecule has 1 aromatic rings. The van der Waals surface area contributed by atoms with Gasteiger partial charge in [0.15, 0.2) is 0 Å². The number of nitrogens with one attached hydrogen (secondary N) is 1. The van der Waals surface area contributed by atoms with Gasteiger partial charge in [0.2, 0.25) is 0 Å². The van der Waals surface area contributed by atoms with Gasteiger partial charge in [0.05, 0.1) is 12.0 Å². The summed E-state index contributed by atoms with van der Waals surface area (Å²) in [5, 5.41) is 12.8. The first kappa shape index (κ1) is 14.0. The third-order valence-corrected chi connectivity index (χ3v) is 3.99. The molecule has 0 saturated heterocycles. The van der Waals surface area contributed by atoms with Gasteiger partial charge in [0, 0.05) is 12.1 Å². The van der Waals surface area contributed by atoms with Crippen molar-refractivity contribution in [2.45, 2.75) is 51.1 Å². The van der Waals surface area contributed by atoms with Gasteiger partial charge in [-0.05, 0) is 37.5 Å². The topological polar surface area (TPSA) is 35.8 Å². The summed E-state index contributed by atoms with van der Waals surface area (Å²) in [5.74, 6) is -0.123. The summed E-state index contributed by atoms with van der Waals surface area (Å²) in [6.45, 7) is 2.04. The van der Waals surface area contributed by atoms with E-state index in [0.29, 0.717) is 0 Å². The molecule has 1 aromatic carbocycles. The molecule has 102 valence electrons. The molecule has 2 nitrogen and oxygen atoms in total. The van der Waals surface area contributed by atoms with E-state index in [1.54, 1.807) is 12.1 Å². The SMILES string of the molecule is C[C@H](NC1CCCCCC1C#N)c1cccc(F)c1. The zero-order valence-corrected chi connectivity index (χ0v) is 11.4. The summed E-state index contributed by atoms with van der Waals surface area (Å²) < 4.78 is 13.2. The smallest absolute Gasteiger partial charge is 0.123 e. The molecule has 1 aliphatic rings. The first-order valence-corrected chi connectivity index (χ1v) is 7.12. The molecule has 0 heterocycles. The van der Waals surface area contributed by atoms with Crippen LogP contribution in [0.4, 0.5) is 4.39 Å². The molecule has 1 saturated carbocycles. The van der Waals surface area contributed by atoms with E-state index in [-0.39, 0.29) is 23.8 Å². The van der Waals surface area contributed by atoms with Crippen LogP contribution in [-0.2, 0) is 0 Å². The second-order valence-corrected chi connectivity index (χ2v) is 5.42. The monoisotopic (exact) mass is 260 g/mol. The highest BCUT2D eigenvalue weighted by Crippen LogP contribution is 2.25. The molecule has 0 amide bonds. The van der Waals surface area contributed by atoms with Crippen LogP contribution in [0.5, 0.6) is 0 Å². The van der Waals surface area contributed by atoms with Crippen molar-refractivity contribution in [1.82, 2.24) is 5.32 Å². The van der Waals surface area contributed by atoms with Gasteiger partial charge < -0.3 is 5.32 Å². The van der Waals surface area contributed by atoms with E-state index in [1.807, 2.05) is 13.0 Å². The molecule has 0 aliphatic heterocycles. The van der Waals surface area contributed by atoms with E-state index in [0.717, 1.165) is 24.8 Å². The van der Waals surface area contributed by atoms with Crippen molar-refractivity contribution in [2.24, 2.45) is 5.92 Å². The van der Waals surface area contributed by atoms with Gasteiger partial charge in [-0.15, -0.1) is 0 Å². The van der Waals surface area contributed by atoms with Gasteiger partial charge in [-0.1, -0.05) is 31.4 Å². The van der Waals surface area contributed by atoms with Crippen molar-refractivity contribution in [1.29, 1.82) is 5.26 Å². The minimum absolute atomic E-state index is 0.0784. The average Bonchev–Trinajstić information content (AvgIpc) is 2.63. The highest BCUT2D eigenvalue weighted by Gasteiger charge is 2.24. The lowest BCUT2D eigenvalue weighted by Crippen LogP contribution is -2.36. The Morgan fingerprint density at radius 3 is 2.84 bits per heavy atom. The predicted molar refractivity (Wildman–Crippen MR) is 73.9 cm³/mol. The lowest BCUT2D eigenvalue weighted by Gasteiger charge is -2.25. The summed E-state index contributed by atoms with van der Waals surface area (Å²) in [5.41, 5.74) is 0.945.